The van der Waals surface area contributed by atoms with Crippen molar-refractivity contribution in [3.05, 3.63) is 35.4 Å². The largest absolute Gasteiger partial charge is 0.388 e. The number of nitrogens with zero attached hydrogens (tertiary/aromatic N) is 1. The molecular weight excluding hydrogens is 266 g/mol. The van der Waals surface area contributed by atoms with Crippen LogP contribution in [0.1, 0.15) is 44.2 Å². The normalized spacial score (nSPS) is 12.3. The number of ketones is 2. The van der Waals surface area contributed by atoms with Gasteiger partial charge in [-0.15, -0.1) is 0 Å². The Kier molecular flexibility index (Phi) is 7.37. The standard InChI is InChI=1S/C17H23NO3/c1-4-15(17(20)5-2)10-16(19)12-21-18-11-14-8-6-13(3)7-9-14/h6-9,11,15H,4-5,10,12H2,1-3H3/b18-11-. The summed E-state index contributed by atoms with van der Waals surface area (Å²) < 4.78 is 0. The van der Waals surface area contributed by atoms with Crippen molar-refractivity contribution >= 4 is 17.8 Å². The maximum atomic E-state index is 11.7. The van der Waals surface area contributed by atoms with E-state index < -0.39 is 0 Å². The minimum atomic E-state index is -0.188. The highest BCUT2D eigenvalue weighted by molar-refractivity contribution is 5.88. The summed E-state index contributed by atoms with van der Waals surface area (Å²) in [4.78, 5) is 28.3. The van der Waals surface area contributed by atoms with E-state index in [1.807, 2.05) is 45.0 Å². The first-order valence-electron chi connectivity index (χ1n) is 7.33. The molecule has 0 saturated carbocycles. The molecule has 4 heteroatoms. The van der Waals surface area contributed by atoms with E-state index in [0.29, 0.717) is 12.8 Å². The molecule has 0 fully saturated rings. The predicted molar refractivity (Wildman–Crippen MR) is 83.4 cm³/mol. The molecule has 1 atom stereocenters. The van der Waals surface area contributed by atoms with Crippen molar-refractivity contribution in [1.29, 1.82) is 0 Å². The van der Waals surface area contributed by atoms with E-state index in [1.54, 1.807) is 6.21 Å². The fourth-order valence-corrected chi connectivity index (χ4v) is 1.97. The third-order valence-corrected chi connectivity index (χ3v) is 3.35. The second-order valence-corrected chi connectivity index (χ2v) is 5.09. The molecule has 0 aliphatic carbocycles. The molecular formula is C17H23NO3. The molecule has 1 aromatic rings. The fourth-order valence-electron chi connectivity index (χ4n) is 1.97. The van der Waals surface area contributed by atoms with Crippen LogP contribution in [-0.2, 0) is 14.4 Å². The quantitative estimate of drug-likeness (QED) is 0.517. The Morgan fingerprint density at radius 1 is 1.24 bits per heavy atom. The van der Waals surface area contributed by atoms with Crippen molar-refractivity contribution < 1.29 is 14.4 Å². The van der Waals surface area contributed by atoms with Gasteiger partial charge in [0, 0.05) is 18.8 Å². The molecule has 0 saturated heterocycles. The summed E-state index contributed by atoms with van der Waals surface area (Å²) in [5.41, 5.74) is 2.09. The van der Waals surface area contributed by atoms with Gasteiger partial charge < -0.3 is 4.84 Å². The van der Waals surface area contributed by atoms with Gasteiger partial charge in [-0.25, -0.2) is 0 Å². The van der Waals surface area contributed by atoms with E-state index in [-0.39, 0.29) is 30.5 Å². The van der Waals surface area contributed by atoms with Crippen molar-refractivity contribution in [2.75, 3.05) is 6.61 Å². The zero-order chi connectivity index (χ0) is 15.7. The molecule has 0 spiro atoms. The number of hydrogen-bond donors (Lipinski definition) is 0. The molecule has 114 valence electrons. The minimum absolute atomic E-state index is 0.0874. The fraction of sp³-hybridized carbons (Fsp3) is 0.471. The minimum Gasteiger partial charge on any atom is -0.388 e. The third-order valence-electron chi connectivity index (χ3n) is 3.35. The van der Waals surface area contributed by atoms with E-state index in [9.17, 15) is 9.59 Å². The average Bonchev–Trinajstić information content (AvgIpc) is 2.50. The maximum Gasteiger partial charge on any atom is 0.175 e. The van der Waals surface area contributed by atoms with Crippen LogP contribution in [0.4, 0.5) is 0 Å². The molecule has 1 rings (SSSR count). The highest BCUT2D eigenvalue weighted by Crippen LogP contribution is 2.12. The van der Waals surface area contributed by atoms with Gasteiger partial charge >= 0.3 is 0 Å². The highest BCUT2D eigenvalue weighted by Gasteiger charge is 2.18. The molecule has 0 bridgehead atoms. The molecule has 0 aliphatic rings. The van der Waals surface area contributed by atoms with E-state index >= 15 is 0 Å². The number of carbonyl (C=O) groups excluding carboxylic acids is 2. The second-order valence-electron chi connectivity index (χ2n) is 5.09. The van der Waals surface area contributed by atoms with Gasteiger partial charge in [-0.1, -0.05) is 48.8 Å². The van der Waals surface area contributed by atoms with E-state index in [4.69, 9.17) is 4.84 Å². The molecule has 0 heterocycles. The summed E-state index contributed by atoms with van der Waals surface area (Å²) >= 11 is 0. The van der Waals surface area contributed by atoms with E-state index in [0.717, 1.165) is 5.56 Å². The number of hydrogen-bond acceptors (Lipinski definition) is 4. The van der Waals surface area contributed by atoms with E-state index in [2.05, 4.69) is 5.16 Å². The lowest BCUT2D eigenvalue weighted by Gasteiger charge is -2.10. The van der Waals surface area contributed by atoms with Crippen LogP contribution in [0.25, 0.3) is 0 Å². The van der Waals surface area contributed by atoms with Crippen molar-refractivity contribution in [3.8, 4) is 0 Å². The summed E-state index contributed by atoms with van der Waals surface area (Å²) in [7, 11) is 0. The number of oxime groups is 1. The molecule has 21 heavy (non-hydrogen) atoms. The topological polar surface area (TPSA) is 55.7 Å². The summed E-state index contributed by atoms with van der Waals surface area (Å²) in [5.74, 6) is -0.147. The Morgan fingerprint density at radius 2 is 1.90 bits per heavy atom. The lowest BCUT2D eigenvalue weighted by Crippen LogP contribution is -2.19. The zero-order valence-electron chi connectivity index (χ0n) is 13.0. The number of aryl methyl sites for hydroxylation is 1. The number of Topliss-reactive ketones (excluding diaryl/α,β-unsaturated/α-hetero) is 2. The Morgan fingerprint density at radius 3 is 2.48 bits per heavy atom. The maximum absolute atomic E-state index is 11.7. The van der Waals surface area contributed by atoms with Crippen LogP contribution in [0.2, 0.25) is 0 Å². The lowest BCUT2D eigenvalue weighted by atomic mass is 9.94. The lowest BCUT2D eigenvalue weighted by molar-refractivity contribution is -0.130. The molecule has 4 nitrogen and oxygen atoms in total. The van der Waals surface area contributed by atoms with Gasteiger partial charge in [-0.3, -0.25) is 9.59 Å². The van der Waals surface area contributed by atoms with Gasteiger partial charge in [0.25, 0.3) is 0 Å². The van der Waals surface area contributed by atoms with Crippen molar-refractivity contribution in [2.24, 2.45) is 11.1 Å². The molecule has 1 aromatic carbocycles. The Labute approximate surface area is 126 Å². The van der Waals surface area contributed by atoms with Gasteiger partial charge in [-0.2, -0.15) is 0 Å². The highest BCUT2D eigenvalue weighted by atomic mass is 16.6. The van der Waals surface area contributed by atoms with Crippen LogP contribution in [0.15, 0.2) is 29.4 Å². The predicted octanol–water partition coefficient (Wildman–Crippen LogP) is 3.31. The Bertz CT molecular complexity index is 491. The Hall–Kier alpha value is -1.97. The van der Waals surface area contributed by atoms with Gasteiger partial charge in [0.1, 0.15) is 5.78 Å². The number of benzene rings is 1. The van der Waals surface area contributed by atoms with Crippen LogP contribution < -0.4 is 0 Å². The van der Waals surface area contributed by atoms with Gasteiger partial charge in [0.05, 0.1) is 6.21 Å². The van der Waals surface area contributed by atoms with Crippen LogP contribution in [0.5, 0.6) is 0 Å². The molecule has 0 aromatic heterocycles. The monoisotopic (exact) mass is 289 g/mol. The number of rotatable bonds is 9. The molecule has 0 aliphatic heterocycles. The third kappa shape index (κ3) is 6.34. The summed E-state index contributed by atoms with van der Waals surface area (Å²) in [6.07, 6.45) is 2.97. The number of carbonyl (C=O) groups is 2. The summed E-state index contributed by atoms with van der Waals surface area (Å²) in [5, 5.41) is 3.78. The van der Waals surface area contributed by atoms with Crippen molar-refractivity contribution in [2.45, 2.75) is 40.0 Å². The van der Waals surface area contributed by atoms with Crippen molar-refractivity contribution in [3.63, 3.8) is 0 Å². The van der Waals surface area contributed by atoms with Gasteiger partial charge in [-0.05, 0) is 18.9 Å². The van der Waals surface area contributed by atoms with Gasteiger partial charge in [0.15, 0.2) is 12.4 Å². The van der Waals surface area contributed by atoms with Gasteiger partial charge in [0.2, 0.25) is 0 Å². The van der Waals surface area contributed by atoms with Crippen LogP contribution in [0, 0.1) is 12.8 Å². The van der Waals surface area contributed by atoms with Crippen LogP contribution in [-0.4, -0.2) is 24.4 Å². The summed E-state index contributed by atoms with van der Waals surface area (Å²) in [6, 6.07) is 7.82. The molecule has 0 N–H and O–H groups in total. The first-order valence-corrected chi connectivity index (χ1v) is 7.33. The SMILES string of the molecule is CCC(=O)C(CC)CC(=O)CO/N=C\c1ccc(C)cc1. The molecule has 0 radical (unpaired) electrons. The first-order chi connectivity index (χ1) is 10.1. The van der Waals surface area contributed by atoms with E-state index in [1.165, 1.54) is 5.56 Å². The van der Waals surface area contributed by atoms with Crippen LogP contribution in [0.3, 0.4) is 0 Å². The molecule has 0 amide bonds. The zero-order valence-corrected chi connectivity index (χ0v) is 13.0. The Balaban J connectivity index is 2.36. The van der Waals surface area contributed by atoms with Crippen molar-refractivity contribution in [1.82, 2.24) is 0 Å². The second kappa shape index (κ2) is 9.06. The van der Waals surface area contributed by atoms with Crippen LogP contribution >= 0.6 is 0 Å². The smallest absolute Gasteiger partial charge is 0.175 e. The first kappa shape index (κ1) is 17.1. The molecule has 1 unspecified atom stereocenters. The average molecular weight is 289 g/mol. The summed E-state index contributed by atoms with van der Waals surface area (Å²) in [6.45, 7) is 5.66.